The summed E-state index contributed by atoms with van der Waals surface area (Å²) < 4.78 is 18.4. The number of hydrogen-bond acceptors (Lipinski definition) is 1. The van der Waals surface area contributed by atoms with Gasteiger partial charge in [-0.05, 0) is 40.8 Å². The van der Waals surface area contributed by atoms with Crippen LogP contribution < -0.4 is 4.74 Å². The zero-order valence-electron chi connectivity index (χ0n) is 5.55. The highest BCUT2D eigenvalue weighted by Gasteiger charge is 1.94. The second-order valence-corrected chi connectivity index (χ2v) is 2.37. The Balaban J connectivity index is 2.65. The number of benzene rings is 1. The molecule has 1 rings (SSSR count). The molecule has 1 aromatic carbocycles. The zero-order chi connectivity index (χ0) is 8.10. The Morgan fingerprint density at radius 2 is 2.18 bits per heavy atom. The predicted octanol–water partition coefficient (Wildman–Crippen LogP) is 3.07. The minimum absolute atomic E-state index is 0.481. The number of hydrogen-bond donors (Lipinski definition) is 0. The van der Waals surface area contributed by atoms with Gasteiger partial charge in [-0.1, -0.05) is 12.1 Å². The van der Waals surface area contributed by atoms with E-state index in [-0.39, 0.29) is 0 Å². The molecule has 1 nitrogen and oxygen atoms in total. The van der Waals surface area contributed by atoms with Crippen LogP contribution >= 0.6 is 22.6 Å². The van der Waals surface area contributed by atoms with Crippen LogP contribution in [0.5, 0.6) is 5.75 Å². The van der Waals surface area contributed by atoms with Crippen LogP contribution in [0.1, 0.15) is 0 Å². The summed E-state index contributed by atoms with van der Waals surface area (Å²) in [7, 11) is 0. The molecule has 0 fully saturated rings. The van der Waals surface area contributed by atoms with Crippen molar-refractivity contribution in [3.05, 3.63) is 40.4 Å². The van der Waals surface area contributed by atoms with E-state index in [2.05, 4.69) is 6.07 Å². The minimum Gasteiger partial charge on any atom is -0.431 e. The lowest BCUT2D eigenvalue weighted by Crippen LogP contribution is -1.86. The van der Waals surface area contributed by atoms with Crippen LogP contribution in [0.2, 0.25) is 0 Å². The number of halogens is 2. The van der Waals surface area contributed by atoms with E-state index in [9.17, 15) is 4.39 Å². The van der Waals surface area contributed by atoms with Gasteiger partial charge in [-0.25, -0.2) is 0 Å². The van der Waals surface area contributed by atoms with E-state index >= 15 is 0 Å². The van der Waals surface area contributed by atoms with Crippen molar-refractivity contribution in [2.24, 2.45) is 0 Å². The molecule has 0 atom stereocenters. The van der Waals surface area contributed by atoms with E-state index in [0.29, 0.717) is 5.75 Å². The molecule has 0 aliphatic rings. The topological polar surface area (TPSA) is 9.23 Å². The SMILES string of the molecule is FC(=CI)Oc1cc[c]cc1. The van der Waals surface area contributed by atoms with Crippen LogP contribution in [0.25, 0.3) is 0 Å². The van der Waals surface area contributed by atoms with Gasteiger partial charge in [0.05, 0.1) is 0 Å². The summed E-state index contributed by atoms with van der Waals surface area (Å²) in [6.45, 7) is 0. The molecule has 3 heteroatoms. The highest BCUT2D eigenvalue weighted by atomic mass is 127. The standard InChI is InChI=1S/C8H5FIO/c9-8(6-10)11-7-4-2-1-3-5-7/h2-6H. The van der Waals surface area contributed by atoms with E-state index in [4.69, 9.17) is 4.74 Å². The first-order valence-corrected chi connectivity index (χ1v) is 4.17. The van der Waals surface area contributed by atoms with E-state index in [0.717, 1.165) is 0 Å². The fraction of sp³-hybridized carbons (Fsp3) is 0. The van der Waals surface area contributed by atoms with Gasteiger partial charge in [0, 0.05) is 4.08 Å². The Hall–Kier alpha value is -0.580. The Bertz CT molecular complexity index is 246. The second-order valence-electron chi connectivity index (χ2n) is 1.75. The summed E-state index contributed by atoms with van der Waals surface area (Å²) in [6, 6.07) is 8.80. The van der Waals surface area contributed by atoms with Gasteiger partial charge in [0.25, 0.3) is 6.01 Å². The third-order valence-corrected chi connectivity index (χ3v) is 1.48. The molecule has 0 heterocycles. The Kier molecular flexibility index (Phi) is 3.35. The minimum atomic E-state index is -0.600. The molecule has 1 radical (unpaired) electrons. The van der Waals surface area contributed by atoms with Crippen molar-refractivity contribution in [2.45, 2.75) is 0 Å². The normalized spacial score (nSPS) is 11.3. The molecule has 1 aromatic rings. The maximum atomic E-state index is 12.4. The molecular weight excluding hydrogens is 258 g/mol. The lowest BCUT2D eigenvalue weighted by molar-refractivity contribution is 0.304. The molecular formula is C8H5FIO. The summed E-state index contributed by atoms with van der Waals surface area (Å²) in [6.07, 6.45) is 0. The van der Waals surface area contributed by atoms with Crippen molar-refractivity contribution in [3.8, 4) is 5.75 Å². The van der Waals surface area contributed by atoms with Crippen LogP contribution in [0.4, 0.5) is 4.39 Å². The summed E-state index contributed by atoms with van der Waals surface area (Å²) in [5.41, 5.74) is 0. The molecule has 0 aliphatic carbocycles. The summed E-state index contributed by atoms with van der Waals surface area (Å²) >= 11 is 1.77. The first kappa shape index (κ1) is 8.52. The fourth-order valence-electron chi connectivity index (χ4n) is 0.575. The molecule has 0 N–H and O–H groups in total. The van der Waals surface area contributed by atoms with Gasteiger partial charge in [0.15, 0.2) is 0 Å². The maximum absolute atomic E-state index is 12.4. The van der Waals surface area contributed by atoms with Gasteiger partial charge in [0.1, 0.15) is 5.75 Å². The quantitative estimate of drug-likeness (QED) is 0.588. The largest absolute Gasteiger partial charge is 0.431 e. The molecule has 0 amide bonds. The van der Waals surface area contributed by atoms with Crippen LogP contribution in [-0.2, 0) is 0 Å². The fourth-order valence-corrected chi connectivity index (χ4v) is 0.702. The lowest BCUT2D eigenvalue weighted by atomic mass is 10.3. The van der Waals surface area contributed by atoms with Crippen molar-refractivity contribution in [2.75, 3.05) is 0 Å². The number of rotatable bonds is 2. The van der Waals surface area contributed by atoms with Gasteiger partial charge >= 0.3 is 0 Å². The molecule has 0 saturated heterocycles. The third kappa shape index (κ3) is 2.88. The summed E-state index contributed by atoms with van der Waals surface area (Å²) in [5.74, 6) is 0.481. The molecule has 0 spiro atoms. The molecule has 0 aromatic heterocycles. The van der Waals surface area contributed by atoms with E-state index in [1.165, 1.54) is 4.08 Å². The lowest BCUT2D eigenvalue weighted by Gasteiger charge is -1.99. The molecule has 11 heavy (non-hydrogen) atoms. The molecule has 0 bridgehead atoms. The first-order chi connectivity index (χ1) is 5.33. The van der Waals surface area contributed by atoms with E-state index in [1.54, 1.807) is 46.9 Å². The van der Waals surface area contributed by atoms with Crippen molar-refractivity contribution >= 4 is 22.6 Å². The average Bonchev–Trinajstić information content (AvgIpc) is 2.06. The van der Waals surface area contributed by atoms with Gasteiger partial charge < -0.3 is 4.74 Å². The van der Waals surface area contributed by atoms with Gasteiger partial charge in [-0.3, -0.25) is 0 Å². The molecule has 0 aliphatic heterocycles. The Morgan fingerprint density at radius 1 is 1.55 bits per heavy atom. The van der Waals surface area contributed by atoms with Gasteiger partial charge in [-0.2, -0.15) is 4.39 Å². The molecule has 57 valence electrons. The average molecular weight is 263 g/mol. The van der Waals surface area contributed by atoms with Gasteiger partial charge in [-0.15, -0.1) is 0 Å². The van der Waals surface area contributed by atoms with Crippen molar-refractivity contribution in [1.29, 1.82) is 0 Å². The Labute approximate surface area is 78.0 Å². The second kappa shape index (κ2) is 4.33. The smallest absolute Gasteiger partial charge is 0.284 e. The third-order valence-electron chi connectivity index (χ3n) is 0.989. The van der Waals surface area contributed by atoms with Gasteiger partial charge in [0.2, 0.25) is 0 Å². The van der Waals surface area contributed by atoms with Crippen LogP contribution in [0.3, 0.4) is 0 Å². The highest BCUT2D eigenvalue weighted by Crippen LogP contribution is 2.13. The molecule has 0 unspecified atom stereocenters. The van der Waals surface area contributed by atoms with Crippen molar-refractivity contribution in [3.63, 3.8) is 0 Å². The molecule has 0 saturated carbocycles. The van der Waals surface area contributed by atoms with Crippen LogP contribution in [0, 0.1) is 6.07 Å². The first-order valence-electron chi connectivity index (χ1n) is 2.93. The maximum Gasteiger partial charge on any atom is 0.284 e. The predicted molar refractivity (Wildman–Crippen MR) is 49.1 cm³/mol. The van der Waals surface area contributed by atoms with E-state index in [1.807, 2.05) is 0 Å². The van der Waals surface area contributed by atoms with Crippen molar-refractivity contribution in [1.82, 2.24) is 0 Å². The summed E-state index contributed by atoms with van der Waals surface area (Å²) in [4.78, 5) is 0. The zero-order valence-corrected chi connectivity index (χ0v) is 7.71. The van der Waals surface area contributed by atoms with Crippen LogP contribution in [-0.4, -0.2) is 0 Å². The number of ether oxygens (including phenoxy) is 1. The van der Waals surface area contributed by atoms with E-state index < -0.39 is 6.01 Å². The highest BCUT2D eigenvalue weighted by molar-refractivity contribution is 14.1. The van der Waals surface area contributed by atoms with Crippen molar-refractivity contribution < 1.29 is 9.13 Å². The van der Waals surface area contributed by atoms with Crippen LogP contribution in [0.15, 0.2) is 34.4 Å². The monoisotopic (exact) mass is 263 g/mol. The summed E-state index contributed by atoms with van der Waals surface area (Å²) in [5, 5.41) is 0. The Morgan fingerprint density at radius 3 is 2.73 bits per heavy atom.